The van der Waals surface area contributed by atoms with Crippen molar-refractivity contribution < 1.29 is 10.2 Å². The lowest BCUT2D eigenvalue weighted by Crippen LogP contribution is -2.45. The van der Waals surface area contributed by atoms with Crippen LogP contribution in [0.2, 0.25) is 0 Å². The standard InChI is InChI=1S/C20H28O2/c1-18(2,3)20(19(4,5)6)12-11-17(22)15(13-20)14-9-7-8-10-16(14)21/h7-13,17,21-22H,1-6H3. The van der Waals surface area contributed by atoms with Crippen molar-refractivity contribution in [2.24, 2.45) is 16.2 Å². The quantitative estimate of drug-likeness (QED) is 0.732. The van der Waals surface area contributed by atoms with Gasteiger partial charge in [-0.3, -0.25) is 0 Å². The van der Waals surface area contributed by atoms with Crippen LogP contribution in [0.5, 0.6) is 5.75 Å². The smallest absolute Gasteiger partial charge is 0.123 e. The molecule has 0 saturated carbocycles. The Kier molecular flexibility index (Phi) is 4.03. The predicted octanol–water partition coefficient (Wildman–Crippen LogP) is 4.78. The molecule has 0 amide bonds. The molecule has 1 aliphatic carbocycles. The average Bonchev–Trinajstić information content (AvgIpc) is 2.37. The van der Waals surface area contributed by atoms with Crippen molar-refractivity contribution in [3.05, 3.63) is 48.1 Å². The molecule has 2 rings (SSSR count). The Bertz CT molecular complexity index is 595. The summed E-state index contributed by atoms with van der Waals surface area (Å²) in [4.78, 5) is 0. The summed E-state index contributed by atoms with van der Waals surface area (Å²) in [5, 5.41) is 20.6. The lowest BCUT2D eigenvalue weighted by molar-refractivity contribution is 0.0635. The van der Waals surface area contributed by atoms with Gasteiger partial charge in [0, 0.05) is 11.0 Å². The molecule has 2 heteroatoms. The third kappa shape index (κ3) is 2.61. The zero-order chi connectivity index (χ0) is 16.8. The number of aromatic hydroxyl groups is 1. The van der Waals surface area contributed by atoms with Crippen molar-refractivity contribution in [1.29, 1.82) is 0 Å². The van der Waals surface area contributed by atoms with Gasteiger partial charge in [-0.25, -0.2) is 0 Å². The number of hydrogen-bond acceptors (Lipinski definition) is 2. The molecule has 1 unspecified atom stereocenters. The summed E-state index contributed by atoms with van der Waals surface area (Å²) in [6.07, 6.45) is 5.47. The molecule has 1 aromatic rings. The summed E-state index contributed by atoms with van der Waals surface area (Å²) < 4.78 is 0. The van der Waals surface area contributed by atoms with Crippen LogP contribution in [0.1, 0.15) is 47.1 Å². The van der Waals surface area contributed by atoms with Gasteiger partial charge in [-0.05, 0) is 22.5 Å². The van der Waals surface area contributed by atoms with Gasteiger partial charge in [0.25, 0.3) is 0 Å². The molecular weight excluding hydrogens is 272 g/mol. The maximum absolute atomic E-state index is 10.4. The third-order valence-electron chi connectivity index (χ3n) is 4.94. The molecule has 0 fully saturated rings. The molecule has 0 bridgehead atoms. The van der Waals surface area contributed by atoms with Gasteiger partial charge < -0.3 is 10.2 Å². The monoisotopic (exact) mass is 300 g/mol. The zero-order valence-electron chi connectivity index (χ0n) is 14.5. The Labute approximate surface area is 134 Å². The highest BCUT2D eigenvalue weighted by Crippen LogP contribution is 2.56. The number of benzene rings is 1. The van der Waals surface area contributed by atoms with Crippen LogP contribution < -0.4 is 0 Å². The fraction of sp³-hybridized carbons (Fsp3) is 0.500. The van der Waals surface area contributed by atoms with E-state index in [0.717, 1.165) is 5.57 Å². The molecule has 0 saturated heterocycles. The van der Waals surface area contributed by atoms with Crippen molar-refractivity contribution >= 4 is 5.57 Å². The molecule has 2 N–H and O–H groups in total. The lowest BCUT2D eigenvalue weighted by Gasteiger charge is -2.52. The van der Waals surface area contributed by atoms with Gasteiger partial charge in [-0.1, -0.05) is 78.0 Å². The Hall–Kier alpha value is -1.54. The van der Waals surface area contributed by atoms with Gasteiger partial charge in [0.2, 0.25) is 0 Å². The molecule has 0 aromatic heterocycles. The molecule has 120 valence electrons. The van der Waals surface area contributed by atoms with Crippen LogP contribution in [0, 0.1) is 16.2 Å². The van der Waals surface area contributed by atoms with E-state index in [4.69, 9.17) is 0 Å². The van der Waals surface area contributed by atoms with Crippen LogP contribution >= 0.6 is 0 Å². The highest BCUT2D eigenvalue weighted by molar-refractivity contribution is 5.76. The third-order valence-corrected chi connectivity index (χ3v) is 4.94. The Morgan fingerprint density at radius 1 is 0.955 bits per heavy atom. The lowest BCUT2D eigenvalue weighted by atomic mass is 9.52. The number of aliphatic hydroxyl groups excluding tert-OH is 1. The van der Waals surface area contributed by atoms with E-state index in [1.54, 1.807) is 12.1 Å². The van der Waals surface area contributed by atoms with Crippen LogP contribution in [-0.4, -0.2) is 16.3 Å². The van der Waals surface area contributed by atoms with Crippen LogP contribution in [0.3, 0.4) is 0 Å². The highest BCUT2D eigenvalue weighted by atomic mass is 16.3. The normalized spacial score (nSPS) is 21.6. The van der Waals surface area contributed by atoms with E-state index in [0.29, 0.717) is 5.56 Å². The van der Waals surface area contributed by atoms with Gasteiger partial charge >= 0.3 is 0 Å². The molecule has 1 aliphatic rings. The summed E-state index contributed by atoms with van der Waals surface area (Å²) >= 11 is 0. The minimum atomic E-state index is -0.689. The first-order valence-corrected chi connectivity index (χ1v) is 7.88. The first-order valence-electron chi connectivity index (χ1n) is 7.88. The first-order chi connectivity index (χ1) is 9.99. The SMILES string of the molecule is CC(C)(C)C1(C(C)(C)C)C=CC(O)C(c2ccccc2O)=C1. The minimum absolute atomic E-state index is 0.0163. The number of phenolic OH excluding ortho intramolecular Hbond substituents is 1. The molecule has 22 heavy (non-hydrogen) atoms. The first kappa shape index (κ1) is 16.8. The number of rotatable bonds is 1. The molecule has 0 spiro atoms. The van der Waals surface area contributed by atoms with E-state index < -0.39 is 6.10 Å². The summed E-state index contributed by atoms with van der Waals surface area (Å²) in [6.45, 7) is 13.3. The fourth-order valence-corrected chi connectivity index (χ4v) is 3.74. The molecule has 0 radical (unpaired) electrons. The summed E-state index contributed by atoms with van der Waals surface area (Å²) in [7, 11) is 0. The van der Waals surface area contributed by atoms with Crippen molar-refractivity contribution in [3.63, 3.8) is 0 Å². The van der Waals surface area contributed by atoms with Crippen LogP contribution in [0.25, 0.3) is 5.57 Å². The molecule has 0 heterocycles. The molecular formula is C20H28O2. The summed E-state index contributed by atoms with van der Waals surface area (Å²) in [5.74, 6) is 0.208. The number of aliphatic hydroxyl groups is 1. The summed E-state index contributed by atoms with van der Waals surface area (Å²) in [5.41, 5.74) is 1.24. The maximum Gasteiger partial charge on any atom is 0.123 e. The zero-order valence-corrected chi connectivity index (χ0v) is 14.5. The predicted molar refractivity (Wildman–Crippen MR) is 92.6 cm³/mol. The van der Waals surface area contributed by atoms with Crippen molar-refractivity contribution in [2.45, 2.75) is 47.6 Å². The topological polar surface area (TPSA) is 40.5 Å². The number of hydrogen-bond donors (Lipinski definition) is 2. The van der Waals surface area contributed by atoms with Crippen LogP contribution in [0.4, 0.5) is 0 Å². The van der Waals surface area contributed by atoms with E-state index in [1.165, 1.54) is 0 Å². The Morgan fingerprint density at radius 2 is 1.50 bits per heavy atom. The van der Waals surface area contributed by atoms with E-state index in [-0.39, 0.29) is 22.0 Å². The van der Waals surface area contributed by atoms with E-state index >= 15 is 0 Å². The van der Waals surface area contributed by atoms with Gasteiger partial charge in [-0.15, -0.1) is 0 Å². The number of allylic oxidation sites excluding steroid dienone is 2. The number of para-hydroxylation sites is 1. The fourth-order valence-electron chi connectivity index (χ4n) is 3.74. The second-order valence-corrected chi connectivity index (χ2v) is 8.29. The van der Waals surface area contributed by atoms with E-state index in [9.17, 15) is 10.2 Å². The molecule has 0 aliphatic heterocycles. The second kappa shape index (κ2) is 5.27. The largest absolute Gasteiger partial charge is 0.507 e. The van der Waals surface area contributed by atoms with E-state index in [1.807, 2.05) is 18.2 Å². The minimum Gasteiger partial charge on any atom is -0.507 e. The van der Waals surface area contributed by atoms with Gasteiger partial charge in [-0.2, -0.15) is 0 Å². The van der Waals surface area contributed by atoms with Gasteiger partial charge in [0.15, 0.2) is 0 Å². The average molecular weight is 300 g/mol. The second-order valence-electron chi connectivity index (χ2n) is 8.29. The van der Waals surface area contributed by atoms with Crippen molar-refractivity contribution in [3.8, 4) is 5.75 Å². The van der Waals surface area contributed by atoms with Crippen molar-refractivity contribution in [1.82, 2.24) is 0 Å². The Balaban J connectivity index is 2.69. The van der Waals surface area contributed by atoms with Crippen LogP contribution in [-0.2, 0) is 0 Å². The molecule has 1 atom stereocenters. The summed E-state index contributed by atoms with van der Waals surface area (Å²) in [6, 6.07) is 7.21. The Morgan fingerprint density at radius 3 is 2.00 bits per heavy atom. The number of phenols is 1. The highest BCUT2D eigenvalue weighted by Gasteiger charge is 2.49. The van der Waals surface area contributed by atoms with Gasteiger partial charge in [0.05, 0.1) is 6.10 Å². The van der Waals surface area contributed by atoms with Crippen molar-refractivity contribution in [2.75, 3.05) is 0 Å². The maximum atomic E-state index is 10.4. The van der Waals surface area contributed by atoms with E-state index in [2.05, 4.69) is 53.7 Å². The van der Waals surface area contributed by atoms with Crippen LogP contribution in [0.15, 0.2) is 42.5 Å². The molecule has 1 aromatic carbocycles. The molecule has 2 nitrogen and oxygen atoms in total. The van der Waals surface area contributed by atoms with Gasteiger partial charge in [0.1, 0.15) is 5.75 Å².